The van der Waals surface area contributed by atoms with Crippen LogP contribution in [0.2, 0.25) is 0 Å². The molecular weight excluding hydrogens is 392 g/mol. The normalized spacial score (nSPS) is 11.2. The number of rotatable bonds is 4. The number of hydrogen-bond acceptors (Lipinski definition) is 5. The summed E-state index contributed by atoms with van der Waals surface area (Å²) < 4.78 is 7.41. The summed E-state index contributed by atoms with van der Waals surface area (Å²) in [6.45, 7) is 2.04. The topological polar surface area (TPSA) is 83.1 Å². The van der Waals surface area contributed by atoms with Gasteiger partial charge in [0.05, 0.1) is 23.2 Å². The van der Waals surface area contributed by atoms with Crippen molar-refractivity contribution >= 4 is 27.5 Å². The van der Waals surface area contributed by atoms with E-state index in [4.69, 9.17) is 9.84 Å². The monoisotopic (exact) mass is 410 g/mol. The molecule has 2 heterocycles. The van der Waals surface area contributed by atoms with Crippen molar-refractivity contribution in [3.63, 3.8) is 0 Å². The van der Waals surface area contributed by atoms with Crippen LogP contribution in [0.4, 0.5) is 5.69 Å². The molecule has 0 unspecified atom stereocenters. The molecule has 0 fully saturated rings. The third-order valence-electron chi connectivity index (χ3n) is 5.35. The van der Waals surface area contributed by atoms with E-state index in [2.05, 4.69) is 4.98 Å². The molecule has 0 aliphatic rings. The minimum atomic E-state index is -0.409. The van der Waals surface area contributed by atoms with Crippen molar-refractivity contribution in [2.45, 2.75) is 6.92 Å². The highest BCUT2D eigenvalue weighted by Gasteiger charge is 2.19. The highest BCUT2D eigenvalue weighted by Crippen LogP contribution is 2.36. The molecule has 0 aliphatic carbocycles. The number of para-hydroxylation sites is 1. The Bertz CT molecular complexity index is 1440. The van der Waals surface area contributed by atoms with Crippen LogP contribution in [0.15, 0.2) is 72.9 Å². The first kappa shape index (κ1) is 18.7. The molecule has 152 valence electrons. The standard InChI is InChI=1S/C24H18N4O3/c1-15-6-10-17(11-7-15)27-24-19-4-3-5-21(31-2)23(19)25-14-20(24)22(26-27)16-8-12-18(13-9-16)28(29)30/h3-14H,1-2H3. The van der Waals surface area contributed by atoms with Crippen LogP contribution >= 0.6 is 0 Å². The van der Waals surface area contributed by atoms with Gasteiger partial charge in [0.25, 0.3) is 5.69 Å². The van der Waals surface area contributed by atoms with Crippen LogP contribution in [0.3, 0.4) is 0 Å². The number of nitro benzene ring substituents is 1. The van der Waals surface area contributed by atoms with Gasteiger partial charge in [-0.05, 0) is 37.3 Å². The van der Waals surface area contributed by atoms with Crippen molar-refractivity contribution in [1.82, 2.24) is 14.8 Å². The lowest BCUT2D eigenvalue weighted by molar-refractivity contribution is -0.384. The minimum Gasteiger partial charge on any atom is -0.494 e. The summed E-state index contributed by atoms with van der Waals surface area (Å²) in [7, 11) is 1.63. The van der Waals surface area contributed by atoms with E-state index in [0.29, 0.717) is 11.4 Å². The van der Waals surface area contributed by atoms with Gasteiger partial charge in [-0.1, -0.05) is 29.8 Å². The SMILES string of the molecule is COc1cccc2c1ncc1c(-c3ccc([N+](=O)[O-])cc3)nn(-c3ccc(C)cc3)c12. The van der Waals surface area contributed by atoms with Gasteiger partial charge in [-0.3, -0.25) is 15.1 Å². The van der Waals surface area contributed by atoms with Crippen molar-refractivity contribution in [2.75, 3.05) is 7.11 Å². The first-order chi connectivity index (χ1) is 15.1. The molecular formula is C24H18N4O3. The van der Waals surface area contributed by atoms with E-state index in [9.17, 15) is 10.1 Å². The lowest BCUT2D eigenvalue weighted by Crippen LogP contribution is -1.98. The zero-order valence-corrected chi connectivity index (χ0v) is 16.9. The third-order valence-corrected chi connectivity index (χ3v) is 5.35. The Hall–Kier alpha value is -4.26. The molecule has 0 N–H and O–H groups in total. The number of nitro groups is 1. The zero-order valence-electron chi connectivity index (χ0n) is 16.9. The maximum absolute atomic E-state index is 11.0. The summed E-state index contributed by atoms with van der Waals surface area (Å²) in [5.74, 6) is 0.688. The lowest BCUT2D eigenvalue weighted by Gasteiger charge is -2.08. The van der Waals surface area contributed by atoms with Crippen LogP contribution in [0.5, 0.6) is 5.75 Å². The number of fused-ring (bicyclic) bond motifs is 3. The van der Waals surface area contributed by atoms with Gasteiger partial charge >= 0.3 is 0 Å². The molecule has 0 atom stereocenters. The number of methoxy groups -OCH3 is 1. The smallest absolute Gasteiger partial charge is 0.269 e. The largest absolute Gasteiger partial charge is 0.494 e. The van der Waals surface area contributed by atoms with Gasteiger partial charge in [-0.15, -0.1) is 0 Å². The molecule has 5 aromatic rings. The van der Waals surface area contributed by atoms with Crippen molar-refractivity contribution in [3.8, 4) is 22.7 Å². The quantitative estimate of drug-likeness (QED) is 0.290. The van der Waals surface area contributed by atoms with Crippen LogP contribution in [0.1, 0.15) is 5.56 Å². The molecule has 31 heavy (non-hydrogen) atoms. The Kier molecular flexibility index (Phi) is 4.36. The maximum Gasteiger partial charge on any atom is 0.269 e. The molecule has 0 aliphatic heterocycles. The molecule has 0 spiro atoms. The van der Waals surface area contributed by atoms with Crippen molar-refractivity contribution in [1.29, 1.82) is 0 Å². The van der Waals surface area contributed by atoms with E-state index in [1.807, 2.05) is 54.1 Å². The van der Waals surface area contributed by atoms with Crippen LogP contribution in [-0.2, 0) is 0 Å². The van der Waals surface area contributed by atoms with Crippen molar-refractivity contribution in [2.24, 2.45) is 0 Å². The molecule has 0 saturated heterocycles. The fourth-order valence-electron chi connectivity index (χ4n) is 3.78. The lowest BCUT2D eigenvalue weighted by atomic mass is 10.1. The number of pyridine rings is 1. The second-order valence-electron chi connectivity index (χ2n) is 7.28. The number of ether oxygens (including phenoxy) is 1. The van der Waals surface area contributed by atoms with E-state index in [1.54, 1.807) is 25.4 Å². The van der Waals surface area contributed by atoms with E-state index < -0.39 is 4.92 Å². The predicted octanol–water partition coefficient (Wildman–Crippen LogP) is 5.47. The Labute approximate surface area is 177 Å². The van der Waals surface area contributed by atoms with E-state index in [-0.39, 0.29) is 5.69 Å². The number of nitrogens with zero attached hydrogens (tertiary/aromatic N) is 4. The molecule has 0 saturated carbocycles. The third kappa shape index (κ3) is 3.07. The Morgan fingerprint density at radius 3 is 2.39 bits per heavy atom. The molecule has 7 nitrogen and oxygen atoms in total. The van der Waals surface area contributed by atoms with Crippen LogP contribution < -0.4 is 4.74 Å². The van der Waals surface area contributed by atoms with E-state index in [0.717, 1.165) is 38.6 Å². The molecule has 0 amide bonds. The van der Waals surface area contributed by atoms with Crippen LogP contribution in [0, 0.1) is 17.0 Å². The summed E-state index contributed by atoms with van der Waals surface area (Å²) in [5, 5.41) is 17.7. The average molecular weight is 410 g/mol. The van der Waals surface area contributed by atoms with E-state index in [1.165, 1.54) is 12.1 Å². The highest BCUT2D eigenvalue weighted by atomic mass is 16.6. The number of aromatic nitrogens is 3. The van der Waals surface area contributed by atoms with E-state index >= 15 is 0 Å². The Morgan fingerprint density at radius 1 is 0.968 bits per heavy atom. The van der Waals surface area contributed by atoms with Crippen LogP contribution in [0.25, 0.3) is 38.8 Å². The Morgan fingerprint density at radius 2 is 1.71 bits per heavy atom. The number of benzene rings is 3. The molecule has 2 aromatic heterocycles. The molecule has 7 heteroatoms. The zero-order chi connectivity index (χ0) is 21.5. The first-order valence-corrected chi connectivity index (χ1v) is 9.73. The molecule has 0 radical (unpaired) electrons. The van der Waals surface area contributed by atoms with Crippen molar-refractivity contribution < 1.29 is 9.66 Å². The molecule has 5 rings (SSSR count). The van der Waals surface area contributed by atoms with Gasteiger partial charge in [0.1, 0.15) is 17.0 Å². The minimum absolute atomic E-state index is 0.0410. The van der Waals surface area contributed by atoms with Gasteiger partial charge in [-0.25, -0.2) is 4.68 Å². The Balaban J connectivity index is 1.84. The van der Waals surface area contributed by atoms with Gasteiger partial charge in [0.15, 0.2) is 0 Å². The average Bonchev–Trinajstić information content (AvgIpc) is 3.19. The number of non-ortho nitro benzene ring substituents is 1. The summed E-state index contributed by atoms with van der Waals surface area (Å²) in [6, 6.07) is 20.3. The highest BCUT2D eigenvalue weighted by molar-refractivity contribution is 6.10. The summed E-state index contributed by atoms with van der Waals surface area (Å²) in [6.07, 6.45) is 1.79. The summed E-state index contributed by atoms with van der Waals surface area (Å²) in [4.78, 5) is 15.3. The van der Waals surface area contributed by atoms with Crippen molar-refractivity contribution in [3.05, 3.63) is 88.6 Å². The van der Waals surface area contributed by atoms with Gasteiger partial charge in [0, 0.05) is 34.7 Å². The van der Waals surface area contributed by atoms with Gasteiger partial charge < -0.3 is 4.74 Å². The molecule has 0 bridgehead atoms. The van der Waals surface area contributed by atoms with Gasteiger partial charge in [-0.2, -0.15) is 5.10 Å². The number of hydrogen-bond donors (Lipinski definition) is 0. The fourth-order valence-corrected chi connectivity index (χ4v) is 3.78. The van der Waals surface area contributed by atoms with Gasteiger partial charge in [0.2, 0.25) is 0 Å². The summed E-state index contributed by atoms with van der Waals surface area (Å²) >= 11 is 0. The second-order valence-corrected chi connectivity index (χ2v) is 7.28. The summed E-state index contributed by atoms with van der Waals surface area (Å²) in [5.41, 5.74) is 5.26. The fraction of sp³-hybridized carbons (Fsp3) is 0.0833. The first-order valence-electron chi connectivity index (χ1n) is 9.73. The number of aryl methyl sites for hydroxylation is 1. The maximum atomic E-state index is 11.0. The predicted molar refractivity (Wildman–Crippen MR) is 120 cm³/mol. The van der Waals surface area contributed by atoms with Crippen LogP contribution in [-0.4, -0.2) is 26.8 Å². The second kappa shape index (κ2) is 7.21. The molecule has 3 aromatic carbocycles.